The molecule has 25 heavy (non-hydrogen) atoms. The molecule has 0 spiro atoms. The SMILES string of the molecule is Cc1ccc(Oc2ccc(NC(C)c3nc(C4CC4)no3)cc2)nn1. The van der Waals surface area contributed by atoms with E-state index in [4.69, 9.17) is 9.26 Å². The van der Waals surface area contributed by atoms with Crippen LogP contribution in [0, 0.1) is 6.92 Å². The molecule has 0 bridgehead atoms. The second-order valence-corrected chi connectivity index (χ2v) is 6.27. The van der Waals surface area contributed by atoms with Crippen LogP contribution in [0.1, 0.15) is 49.1 Å². The highest BCUT2D eigenvalue weighted by Crippen LogP contribution is 2.38. The van der Waals surface area contributed by atoms with Gasteiger partial charge in [-0.05, 0) is 57.0 Å². The van der Waals surface area contributed by atoms with Crippen molar-refractivity contribution in [2.45, 2.75) is 38.6 Å². The standard InChI is InChI=1S/C18H19N5O2/c1-11-3-10-16(22-21-11)24-15-8-6-14(7-9-15)19-12(2)18-20-17(23-25-18)13-4-5-13/h3,6-10,12-13,19H,4-5H2,1-2H3. The van der Waals surface area contributed by atoms with Crippen molar-refractivity contribution < 1.29 is 9.26 Å². The molecule has 1 aromatic carbocycles. The Bertz CT molecular complexity index is 841. The summed E-state index contributed by atoms with van der Waals surface area (Å²) >= 11 is 0. The van der Waals surface area contributed by atoms with Crippen LogP contribution in [0.4, 0.5) is 5.69 Å². The van der Waals surface area contributed by atoms with Gasteiger partial charge < -0.3 is 14.6 Å². The second-order valence-electron chi connectivity index (χ2n) is 6.27. The van der Waals surface area contributed by atoms with Gasteiger partial charge in [0.15, 0.2) is 5.82 Å². The van der Waals surface area contributed by atoms with Crippen LogP contribution in [-0.4, -0.2) is 20.3 Å². The fourth-order valence-electron chi connectivity index (χ4n) is 2.42. The number of aryl methyl sites for hydroxylation is 1. The zero-order valence-electron chi connectivity index (χ0n) is 14.1. The molecule has 0 saturated heterocycles. The van der Waals surface area contributed by atoms with E-state index in [1.165, 1.54) is 0 Å². The molecule has 3 aromatic rings. The van der Waals surface area contributed by atoms with Gasteiger partial charge in [-0.15, -0.1) is 5.10 Å². The lowest BCUT2D eigenvalue weighted by Crippen LogP contribution is -2.07. The molecule has 2 aromatic heterocycles. The van der Waals surface area contributed by atoms with Crippen molar-refractivity contribution in [1.82, 2.24) is 20.3 Å². The van der Waals surface area contributed by atoms with E-state index in [9.17, 15) is 0 Å². The Morgan fingerprint density at radius 1 is 1.12 bits per heavy atom. The largest absolute Gasteiger partial charge is 0.438 e. The van der Waals surface area contributed by atoms with Crippen molar-refractivity contribution in [3.05, 3.63) is 53.8 Å². The van der Waals surface area contributed by atoms with Crippen molar-refractivity contribution in [1.29, 1.82) is 0 Å². The van der Waals surface area contributed by atoms with Crippen LogP contribution in [0.5, 0.6) is 11.6 Å². The van der Waals surface area contributed by atoms with Gasteiger partial charge in [0.25, 0.3) is 0 Å². The second kappa shape index (κ2) is 6.51. The van der Waals surface area contributed by atoms with Gasteiger partial charge in [0, 0.05) is 17.7 Å². The van der Waals surface area contributed by atoms with Gasteiger partial charge in [-0.3, -0.25) is 0 Å². The van der Waals surface area contributed by atoms with E-state index in [0.29, 0.717) is 23.4 Å². The number of nitrogens with zero attached hydrogens (tertiary/aromatic N) is 4. The van der Waals surface area contributed by atoms with Crippen LogP contribution in [-0.2, 0) is 0 Å². The fourth-order valence-corrected chi connectivity index (χ4v) is 2.42. The van der Waals surface area contributed by atoms with Crippen LogP contribution < -0.4 is 10.1 Å². The van der Waals surface area contributed by atoms with E-state index < -0.39 is 0 Å². The summed E-state index contributed by atoms with van der Waals surface area (Å²) in [7, 11) is 0. The molecule has 1 N–H and O–H groups in total. The summed E-state index contributed by atoms with van der Waals surface area (Å²) in [6.45, 7) is 3.88. The number of nitrogens with one attached hydrogen (secondary N) is 1. The van der Waals surface area contributed by atoms with Gasteiger partial charge in [0.1, 0.15) is 11.8 Å². The van der Waals surface area contributed by atoms with Gasteiger partial charge in [-0.2, -0.15) is 10.1 Å². The maximum atomic E-state index is 5.67. The first-order chi connectivity index (χ1) is 12.2. The molecule has 1 fully saturated rings. The van der Waals surface area contributed by atoms with Gasteiger partial charge in [-0.25, -0.2) is 0 Å². The van der Waals surface area contributed by atoms with Gasteiger partial charge >= 0.3 is 0 Å². The number of rotatable bonds is 6. The van der Waals surface area contributed by atoms with Crippen molar-refractivity contribution in [2.24, 2.45) is 0 Å². The first-order valence-electron chi connectivity index (χ1n) is 8.35. The number of ether oxygens (including phenoxy) is 1. The zero-order chi connectivity index (χ0) is 17.2. The molecule has 7 heteroatoms. The molecule has 4 rings (SSSR count). The Balaban J connectivity index is 1.38. The average molecular weight is 337 g/mol. The quantitative estimate of drug-likeness (QED) is 0.727. The summed E-state index contributed by atoms with van der Waals surface area (Å²) in [4.78, 5) is 4.47. The fraction of sp³-hybridized carbons (Fsp3) is 0.333. The topological polar surface area (TPSA) is 86.0 Å². The van der Waals surface area contributed by atoms with Crippen LogP contribution in [0.15, 0.2) is 40.9 Å². The molecule has 1 atom stereocenters. The van der Waals surface area contributed by atoms with Crippen molar-refractivity contribution >= 4 is 5.69 Å². The molecule has 1 saturated carbocycles. The molecule has 1 aliphatic rings. The third kappa shape index (κ3) is 3.76. The molecular formula is C18H19N5O2. The summed E-state index contributed by atoms with van der Waals surface area (Å²) in [5.74, 6) is 3.10. The summed E-state index contributed by atoms with van der Waals surface area (Å²) in [5, 5.41) is 15.4. The normalized spacial score (nSPS) is 15.0. The minimum atomic E-state index is -0.0604. The van der Waals surface area contributed by atoms with Gasteiger partial charge in [-0.1, -0.05) is 5.16 Å². The van der Waals surface area contributed by atoms with E-state index in [-0.39, 0.29) is 6.04 Å². The third-order valence-corrected chi connectivity index (χ3v) is 4.00. The predicted molar refractivity (Wildman–Crippen MR) is 91.6 cm³/mol. The summed E-state index contributed by atoms with van der Waals surface area (Å²) < 4.78 is 11.0. The molecule has 0 radical (unpaired) electrons. The van der Waals surface area contributed by atoms with Crippen molar-refractivity contribution in [3.63, 3.8) is 0 Å². The molecule has 128 valence electrons. The molecule has 1 unspecified atom stereocenters. The summed E-state index contributed by atoms with van der Waals surface area (Å²) in [6, 6.07) is 11.2. The zero-order valence-corrected chi connectivity index (χ0v) is 14.1. The Morgan fingerprint density at radius 3 is 2.60 bits per heavy atom. The number of hydrogen-bond acceptors (Lipinski definition) is 7. The Labute approximate surface area is 145 Å². The summed E-state index contributed by atoms with van der Waals surface area (Å²) in [5.41, 5.74) is 1.80. The number of benzene rings is 1. The average Bonchev–Trinajstić information content (AvgIpc) is 3.35. The lowest BCUT2D eigenvalue weighted by Gasteiger charge is -2.11. The van der Waals surface area contributed by atoms with Crippen molar-refractivity contribution in [3.8, 4) is 11.6 Å². The van der Waals surface area contributed by atoms with Crippen molar-refractivity contribution in [2.75, 3.05) is 5.32 Å². The van der Waals surface area contributed by atoms with Crippen LogP contribution in [0.2, 0.25) is 0 Å². The maximum Gasteiger partial charge on any atom is 0.248 e. The smallest absolute Gasteiger partial charge is 0.248 e. The van der Waals surface area contributed by atoms with Crippen LogP contribution >= 0.6 is 0 Å². The number of anilines is 1. The predicted octanol–water partition coefficient (Wildman–Crippen LogP) is 4.01. The van der Waals surface area contributed by atoms with Crippen LogP contribution in [0.25, 0.3) is 0 Å². The molecule has 2 heterocycles. The monoisotopic (exact) mass is 337 g/mol. The van der Waals surface area contributed by atoms with Gasteiger partial charge in [0.05, 0.1) is 5.69 Å². The highest BCUT2D eigenvalue weighted by Gasteiger charge is 2.29. The van der Waals surface area contributed by atoms with E-state index >= 15 is 0 Å². The molecule has 1 aliphatic carbocycles. The summed E-state index contributed by atoms with van der Waals surface area (Å²) in [6.07, 6.45) is 2.32. The highest BCUT2D eigenvalue weighted by atomic mass is 16.5. The number of hydrogen-bond donors (Lipinski definition) is 1. The molecule has 0 amide bonds. The molecule has 0 aliphatic heterocycles. The van der Waals surface area contributed by atoms with E-state index in [1.807, 2.05) is 44.2 Å². The highest BCUT2D eigenvalue weighted by molar-refractivity contribution is 5.47. The minimum Gasteiger partial charge on any atom is -0.438 e. The maximum absolute atomic E-state index is 5.67. The minimum absolute atomic E-state index is 0.0604. The Morgan fingerprint density at radius 2 is 1.92 bits per heavy atom. The first kappa shape index (κ1) is 15.6. The Kier molecular flexibility index (Phi) is 4.05. The lowest BCUT2D eigenvalue weighted by atomic mass is 10.2. The molecule has 7 nitrogen and oxygen atoms in total. The van der Waals surface area contributed by atoms with Crippen LogP contribution in [0.3, 0.4) is 0 Å². The molecular weight excluding hydrogens is 318 g/mol. The number of aromatic nitrogens is 4. The third-order valence-electron chi connectivity index (χ3n) is 4.00. The first-order valence-corrected chi connectivity index (χ1v) is 8.35. The van der Waals surface area contributed by atoms with E-state index in [0.717, 1.165) is 30.0 Å². The van der Waals surface area contributed by atoms with Gasteiger partial charge in [0.2, 0.25) is 11.8 Å². The van der Waals surface area contributed by atoms with E-state index in [1.54, 1.807) is 6.07 Å². The lowest BCUT2D eigenvalue weighted by molar-refractivity contribution is 0.363. The Hall–Kier alpha value is -2.96. The van der Waals surface area contributed by atoms with E-state index in [2.05, 4.69) is 25.7 Å².